The highest BCUT2D eigenvalue weighted by atomic mass is 16.2. The molecule has 1 saturated heterocycles. The number of benzene rings is 1. The summed E-state index contributed by atoms with van der Waals surface area (Å²) in [6.45, 7) is 3.51. The van der Waals surface area contributed by atoms with Crippen molar-refractivity contribution in [1.82, 2.24) is 9.47 Å². The van der Waals surface area contributed by atoms with E-state index in [4.69, 9.17) is 0 Å². The predicted molar refractivity (Wildman–Crippen MR) is 116 cm³/mol. The van der Waals surface area contributed by atoms with Gasteiger partial charge in [-0.25, -0.2) is 0 Å². The largest absolute Gasteiger partial charge is 0.342 e. The maximum Gasteiger partial charge on any atom is 0.251 e. The molecule has 0 unspecified atom stereocenters. The average molecular weight is 391 g/mol. The van der Waals surface area contributed by atoms with Gasteiger partial charge in [-0.05, 0) is 50.2 Å². The van der Waals surface area contributed by atoms with Crippen LogP contribution in [0.3, 0.4) is 0 Å². The van der Waals surface area contributed by atoms with Crippen LogP contribution in [0.1, 0.15) is 55.8 Å². The van der Waals surface area contributed by atoms with E-state index >= 15 is 0 Å². The second kappa shape index (κ2) is 8.81. The van der Waals surface area contributed by atoms with Crippen LogP contribution in [0.4, 0.5) is 0 Å². The maximum absolute atomic E-state index is 12.9. The van der Waals surface area contributed by atoms with Gasteiger partial charge in [-0.1, -0.05) is 48.6 Å². The Bertz CT molecular complexity index is 931. The molecule has 0 radical (unpaired) electrons. The van der Waals surface area contributed by atoms with Crippen molar-refractivity contribution in [2.45, 2.75) is 51.0 Å². The summed E-state index contributed by atoms with van der Waals surface area (Å²) in [5.74, 6) is 0.838. The molecule has 3 atom stereocenters. The molecule has 0 N–H and O–H groups in total. The SMILES string of the molecule is CC=CCCCC(=O)N1C[C@H]2C[C@@H](C1)[C@H](Cc1ccccc1)n1c2cccc1=O. The van der Waals surface area contributed by atoms with E-state index in [0.717, 1.165) is 44.5 Å². The molecule has 0 spiro atoms. The van der Waals surface area contributed by atoms with E-state index in [1.807, 2.05) is 29.7 Å². The number of unbranched alkanes of at least 4 members (excludes halogenated alkanes) is 1. The Morgan fingerprint density at radius 3 is 2.72 bits per heavy atom. The van der Waals surface area contributed by atoms with Crippen LogP contribution in [-0.4, -0.2) is 28.5 Å². The molecule has 3 heterocycles. The van der Waals surface area contributed by atoms with E-state index < -0.39 is 0 Å². The third kappa shape index (κ3) is 4.21. The van der Waals surface area contributed by atoms with E-state index in [-0.39, 0.29) is 23.4 Å². The summed E-state index contributed by atoms with van der Waals surface area (Å²) in [7, 11) is 0. The van der Waals surface area contributed by atoms with E-state index in [1.165, 1.54) is 5.56 Å². The number of likely N-dealkylation sites (tertiary alicyclic amines) is 1. The number of amides is 1. The number of carbonyl (C=O) groups excluding carboxylic acids is 1. The van der Waals surface area contributed by atoms with Crippen molar-refractivity contribution in [3.8, 4) is 0 Å². The quantitative estimate of drug-likeness (QED) is 0.544. The van der Waals surface area contributed by atoms with Crippen LogP contribution in [0.5, 0.6) is 0 Å². The molecule has 2 aliphatic heterocycles. The van der Waals surface area contributed by atoms with E-state index in [1.54, 1.807) is 6.07 Å². The second-order valence-corrected chi connectivity index (χ2v) is 8.37. The van der Waals surface area contributed by atoms with Gasteiger partial charge in [0.25, 0.3) is 5.56 Å². The molecule has 2 aromatic rings. The molecule has 2 bridgehead atoms. The smallest absolute Gasteiger partial charge is 0.251 e. The van der Waals surface area contributed by atoms with Crippen molar-refractivity contribution in [1.29, 1.82) is 0 Å². The summed E-state index contributed by atoms with van der Waals surface area (Å²) < 4.78 is 2.03. The topological polar surface area (TPSA) is 42.3 Å². The van der Waals surface area contributed by atoms with Crippen molar-refractivity contribution in [2.24, 2.45) is 5.92 Å². The van der Waals surface area contributed by atoms with Gasteiger partial charge in [-0.3, -0.25) is 9.59 Å². The lowest BCUT2D eigenvalue weighted by Gasteiger charge is -2.47. The van der Waals surface area contributed by atoms with Crippen molar-refractivity contribution in [3.05, 3.63) is 82.3 Å². The van der Waals surface area contributed by atoms with Crippen LogP contribution < -0.4 is 5.56 Å². The molecule has 1 aromatic carbocycles. The first kappa shape index (κ1) is 19.7. The van der Waals surface area contributed by atoms with Crippen LogP contribution in [0.15, 0.2) is 65.5 Å². The number of fused-ring (bicyclic) bond motifs is 4. The minimum Gasteiger partial charge on any atom is -0.342 e. The number of nitrogens with zero attached hydrogens (tertiary/aromatic N) is 2. The van der Waals surface area contributed by atoms with Gasteiger partial charge < -0.3 is 9.47 Å². The fraction of sp³-hybridized carbons (Fsp3) is 0.440. The number of hydrogen-bond acceptors (Lipinski definition) is 2. The molecule has 0 saturated carbocycles. The van der Waals surface area contributed by atoms with Gasteiger partial charge in [-0.2, -0.15) is 0 Å². The lowest BCUT2D eigenvalue weighted by atomic mass is 9.76. The highest BCUT2D eigenvalue weighted by molar-refractivity contribution is 5.76. The lowest BCUT2D eigenvalue weighted by molar-refractivity contribution is -0.134. The molecule has 4 nitrogen and oxygen atoms in total. The minimum absolute atomic E-state index is 0.0873. The fourth-order valence-electron chi connectivity index (χ4n) is 5.06. The van der Waals surface area contributed by atoms with Gasteiger partial charge in [0.15, 0.2) is 0 Å². The number of pyridine rings is 1. The van der Waals surface area contributed by atoms with Crippen molar-refractivity contribution >= 4 is 5.91 Å². The Morgan fingerprint density at radius 2 is 1.93 bits per heavy atom. The summed E-state index contributed by atoms with van der Waals surface area (Å²) in [5.41, 5.74) is 2.43. The maximum atomic E-state index is 12.9. The molecule has 1 aromatic heterocycles. The first-order chi connectivity index (χ1) is 14.2. The Labute approximate surface area is 172 Å². The van der Waals surface area contributed by atoms with Gasteiger partial charge in [0.1, 0.15) is 0 Å². The second-order valence-electron chi connectivity index (χ2n) is 8.37. The van der Waals surface area contributed by atoms with Crippen LogP contribution in [-0.2, 0) is 11.2 Å². The zero-order valence-electron chi connectivity index (χ0n) is 17.2. The van der Waals surface area contributed by atoms with E-state index in [9.17, 15) is 9.59 Å². The molecular weight excluding hydrogens is 360 g/mol. The number of carbonyl (C=O) groups is 1. The number of aromatic nitrogens is 1. The minimum atomic E-state index is 0.0873. The van der Waals surface area contributed by atoms with E-state index in [0.29, 0.717) is 12.3 Å². The van der Waals surface area contributed by atoms with Gasteiger partial charge >= 0.3 is 0 Å². The van der Waals surface area contributed by atoms with Crippen LogP contribution >= 0.6 is 0 Å². The zero-order valence-corrected chi connectivity index (χ0v) is 17.2. The summed E-state index contributed by atoms with van der Waals surface area (Å²) in [4.78, 5) is 27.7. The first-order valence-electron chi connectivity index (χ1n) is 10.8. The normalized spacial score (nSPS) is 23.2. The van der Waals surface area contributed by atoms with Gasteiger partial charge in [0, 0.05) is 43.2 Å². The summed E-state index contributed by atoms with van der Waals surface area (Å²) >= 11 is 0. The summed E-state index contributed by atoms with van der Waals surface area (Å²) in [6, 6.07) is 16.1. The van der Waals surface area contributed by atoms with Crippen molar-refractivity contribution in [3.63, 3.8) is 0 Å². The lowest BCUT2D eigenvalue weighted by Crippen LogP contribution is -2.51. The Morgan fingerprint density at radius 1 is 1.10 bits per heavy atom. The van der Waals surface area contributed by atoms with Crippen LogP contribution in [0.2, 0.25) is 0 Å². The third-order valence-electron chi connectivity index (χ3n) is 6.44. The molecule has 152 valence electrons. The molecule has 2 aliphatic rings. The monoisotopic (exact) mass is 390 g/mol. The molecular formula is C25H30N2O2. The molecule has 4 heteroatoms. The third-order valence-corrected chi connectivity index (χ3v) is 6.44. The average Bonchev–Trinajstić information content (AvgIpc) is 2.75. The Kier molecular flexibility index (Phi) is 5.98. The van der Waals surface area contributed by atoms with Gasteiger partial charge in [-0.15, -0.1) is 0 Å². The highest BCUT2D eigenvalue weighted by Crippen LogP contribution is 2.42. The Hall–Kier alpha value is -2.62. The highest BCUT2D eigenvalue weighted by Gasteiger charge is 2.41. The molecule has 29 heavy (non-hydrogen) atoms. The van der Waals surface area contributed by atoms with Gasteiger partial charge in [0.2, 0.25) is 5.91 Å². The summed E-state index contributed by atoms with van der Waals surface area (Å²) in [5, 5.41) is 0. The zero-order chi connectivity index (χ0) is 20.2. The van der Waals surface area contributed by atoms with Crippen molar-refractivity contribution < 1.29 is 4.79 Å². The first-order valence-corrected chi connectivity index (χ1v) is 10.8. The number of piperidine rings is 1. The van der Waals surface area contributed by atoms with Crippen molar-refractivity contribution in [2.75, 3.05) is 13.1 Å². The van der Waals surface area contributed by atoms with Crippen LogP contribution in [0, 0.1) is 5.92 Å². The fourth-order valence-corrected chi connectivity index (χ4v) is 5.06. The van der Waals surface area contributed by atoms with Gasteiger partial charge in [0.05, 0.1) is 0 Å². The van der Waals surface area contributed by atoms with E-state index in [2.05, 4.69) is 41.3 Å². The Balaban J connectivity index is 1.59. The van der Waals surface area contributed by atoms with Crippen LogP contribution in [0.25, 0.3) is 0 Å². The number of allylic oxidation sites excluding steroid dienone is 2. The molecule has 1 amide bonds. The predicted octanol–water partition coefficient (Wildman–Crippen LogP) is 4.32. The molecule has 4 rings (SSSR count). The summed E-state index contributed by atoms with van der Waals surface area (Å²) in [6.07, 6.45) is 8.52. The standard InChI is InChI=1S/C25H30N2O2/c1-2-3-4-8-13-24(28)26-17-20-16-21(18-26)23(15-19-10-6-5-7-11-19)27-22(20)12-9-14-25(27)29/h2-3,5-7,9-12,14,20-21,23H,4,8,13,15-18H2,1H3/t20-,21+,23+/m1/s1. The molecule has 0 aliphatic carbocycles. The number of rotatable bonds is 6. The number of hydrogen-bond donors (Lipinski definition) is 0. The molecule has 1 fully saturated rings.